The molecule has 1 aliphatic rings. The lowest BCUT2D eigenvalue weighted by atomic mass is 9.95. The Labute approximate surface area is 191 Å². The van der Waals surface area contributed by atoms with Gasteiger partial charge < -0.3 is 4.57 Å². The van der Waals surface area contributed by atoms with Gasteiger partial charge in [0.25, 0.3) is 10.0 Å². The second-order valence-electron chi connectivity index (χ2n) is 7.09. The Balaban J connectivity index is 1.85. The molecule has 0 aliphatic heterocycles. The third-order valence-electron chi connectivity index (χ3n) is 5.13. The molecule has 1 aromatic heterocycles. The number of hydrogen-bond acceptors (Lipinski definition) is 3. The maximum atomic E-state index is 12.9. The fourth-order valence-corrected chi connectivity index (χ4v) is 6.37. The smallest absolute Gasteiger partial charge is 0.285 e. The van der Waals surface area contributed by atoms with Gasteiger partial charge >= 0.3 is 0 Å². The summed E-state index contributed by atoms with van der Waals surface area (Å²) in [5, 5.41) is 2.02. The van der Waals surface area contributed by atoms with Crippen molar-refractivity contribution in [3.05, 3.63) is 67.7 Å². The number of nitrogens with zero attached hydrogens (tertiary/aromatic N) is 2. The number of thiazole rings is 1. The van der Waals surface area contributed by atoms with Gasteiger partial charge in [-0.25, -0.2) is 0 Å². The first-order chi connectivity index (χ1) is 13.9. The second-order valence-corrected chi connectivity index (χ2v) is 11.4. The summed E-state index contributed by atoms with van der Waals surface area (Å²) in [6.45, 7) is 0. The Morgan fingerprint density at radius 1 is 0.897 bits per heavy atom. The van der Waals surface area contributed by atoms with Crippen molar-refractivity contribution in [1.29, 1.82) is 0 Å². The number of rotatable bonds is 4. The maximum Gasteiger partial charge on any atom is 0.285 e. The zero-order valence-corrected chi connectivity index (χ0v) is 20.4. The Hall–Kier alpha value is -1.22. The Morgan fingerprint density at radius 2 is 1.48 bits per heavy atom. The van der Waals surface area contributed by atoms with Gasteiger partial charge in [-0.2, -0.15) is 8.42 Å². The molecule has 0 spiro atoms. The van der Waals surface area contributed by atoms with Gasteiger partial charge in [-0.1, -0.05) is 63.3 Å². The van der Waals surface area contributed by atoms with E-state index in [9.17, 15) is 8.42 Å². The summed E-state index contributed by atoms with van der Waals surface area (Å²) in [6.07, 6.45) is 5.65. The van der Waals surface area contributed by atoms with Gasteiger partial charge in [-0.15, -0.1) is 15.7 Å². The van der Waals surface area contributed by atoms with E-state index in [1.54, 1.807) is 24.3 Å². The molecule has 2 aromatic carbocycles. The first-order valence-electron chi connectivity index (χ1n) is 9.46. The van der Waals surface area contributed by atoms with Gasteiger partial charge in [-0.3, -0.25) is 0 Å². The van der Waals surface area contributed by atoms with Gasteiger partial charge in [0.2, 0.25) is 4.80 Å². The van der Waals surface area contributed by atoms with Crippen LogP contribution in [-0.4, -0.2) is 13.0 Å². The van der Waals surface area contributed by atoms with E-state index in [0.29, 0.717) is 4.80 Å². The minimum atomic E-state index is -3.78. The molecule has 29 heavy (non-hydrogen) atoms. The molecule has 4 nitrogen and oxygen atoms in total. The highest BCUT2D eigenvalue weighted by molar-refractivity contribution is 9.10. The van der Waals surface area contributed by atoms with Crippen LogP contribution in [0, 0.1) is 0 Å². The van der Waals surface area contributed by atoms with E-state index in [0.717, 1.165) is 45.9 Å². The van der Waals surface area contributed by atoms with Crippen molar-refractivity contribution in [3.63, 3.8) is 0 Å². The third kappa shape index (κ3) is 4.76. The average Bonchev–Trinajstić information content (AvgIpc) is 3.12. The second kappa shape index (κ2) is 8.88. The van der Waals surface area contributed by atoms with Crippen LogP contribution < -0.4 is 4.80 Å². The fourth-order valence-electron chi connectivity index (χ4n) is 3.67. The molecule has 1 saturated carbocycles. The predicted molar refractivity (Wildman–Crippen MR) is 124 cm³/mol. The summed E-state index contributed by atoms with van der Waals surface area (Å²) in [6, 6.07) is 15.0. The Kier molecular flexibility index (Phi) is 6.44. The molecular weight excluding hydrogens is 536 g/mol. The van der Waals surface area contributed by atoms with Gasteiger partial charge in [0.15, 0.2) is 0 Å². The van der Waals surface area contributed by atoms with Crippen molar-refractivity contribution in [2.24, 2.45) is 4.40 Å². The molecule has 1 fully saturated rings. The lowest BCUT2D eigenvalue weighted by molar-refractivity contribution is 0.351. The molecule has 0 radical (unpaired) electrons. The van der Waals surface area contributed by atoms with E-state index in [4.69, 9.17) is 0 Å². The highest BCUT2D eigenvalue weighted by Crippen LogP contribution is 2.33. The zero-order chi connectivity index (χ0) is 20.4. The van der Waals surface area contributed by atoms with Gasteiger partial charge in [0.1, 0.15) is 0 Å². The Bertz CT molecular complexity index is 1160. The van der Waals surface area contributed by atoms with Crippen LogP contribution in [-0.2, 0) is 10.0 Å². The van der Waals surface area contributed by atoms with Crippen molar-refractivity contribution in [1.82, 2.24) is 4.57 Å². The average molecular weight is 556 g/mol. The molecular formula is C21H20Br2N2O2S2. The van der Waals surface area contributed by atoms with Crippen LogP contribution in [0.4, 0.5) is 0 Å². The standard InChI is InChI=1S/C21H20Br2N2O2S2/c22-16-8-6-15(7-9-16)20-14-28-21(25(20)18-4-2-1-3-5-18)24-29(26,27)19-12-10-17(23)11-13-19/h6-14,18H,1-5H2/b24-21+. The van der Waals surface area contributed by atoms with Crippen molar-refractivity contribution in [3.8, 4) is 11.3 Å². The Morgan fingerprint density at radius 3 is 2.10 bits per heavy atom. The number of benzene rings is 2. The molecule has 0 unspecified atom stereocenters. The number of sulfonamides is 1. The predicted octanol–water partition coefficient (Wildman–Crippen LogP) is 6.54. The van der Waals surface area contributed by atoms with Gasteiger partial charge in [-0.05, 0) is 54.8 Å². The first kappa shape index (κ1) is 21.0. The van der Waals surface area contributed by atoms with E-state index in [1.807, 2.05) is 17.5 Å². The fraction of sp³-hybridized carbons (Fsp3) is 0.286. The van der Waals surface area contributed by atoms with Crippen LogP contribution >= 0.6 is 43.2 Å². The maximum absolute atomic E-state index is 12.9. The van der Waals surface area contributed by atoms with Crippen LogP contribution in [0.5, 0.6) is 0 Å². The lowest BCUT2D eigenvalue weighted by Gasteiger charge is -2.25. The monoisotopic (exact) mass is 554 g/mol. The van der Waals surface area contributed by atoms with E-state index in [-0.39, 0.29) is 10.9 Å². The van der Waals surface area contributed by atoms with Crippen molar-refractivity contribution in [2.45, 2.75) is 43.0 Å². The van der Waals surface area contributed by atoms with Crippen LogP contribution in [0.1, 0.15) is 38.1 Å². The summed E-state index contributed by atoms with van der Waals surface area (Å²) in [4.78, 5) is 0.743. The topological polar surface area (TPSA) is 51.4 Å². The third-order valence-corrected chi connectivity index (χ3v) is 8.43. The number of hydrogen-bond donors (Lipinski definition) is 0. The van der Waals surface area contributed by atoms with E-state index in [1.165, 1.54) is 17.8 Å². The van der Waals surface area contributed by atoms with Crippen LogP contribution in [0.2, 0.25) is 0 Å². The zero-order valence-electron chi connectivity index (χ0n) is 15.6. The molecule has 0 atom stereocenters. The molecule has 152 valence electrons. The molecule has 1 heterocycles. The largest absolute Gasteiger partial charge is 0.313 e. The quantitative estimate of drug-likeness (QED) is 0.367. The lowest BCUT2D eigenvalue weighted by Crippen LogP contribution is -2.25. The van der Waals surface area contributed by atoms with E-state index in [2.05, 4.69) is 53.0 Å². The van der Waals surface area contributed by atoms with E-state index < -0.39 is 10.0 Å². The van der Waals surface area contributed by atoms with Crippen LogP contribution in [0.25, 0.3) is 11.3 Å². The highest BCUT2D eigenvalue weighted by atomic mass is 79.9. The summed E-state index contributed by atoms with van der Waals surface area (Å²) >= 11 is 8.22. The molecule has 0 amide bonds. The number of halogens is 2. The van der Waals surface area contributed by atoms with Crippen molar-refractivity contribution in [2.75, 3.05) is 0 Å². The molecule has 0 N–H and O–H groups in total. The van der Waals surface area contributed by atoms with Crippen LogP contribution in [0.15, 0.2) is 72.1 Å². The minimum Gasteiger partial charge on any atom is -0.313 e. The summed E-state index contributed by atoms with van der Waals surface area (Å²) < 4.78 is 34.1. The van der Waals surface area contributed by atoms with Crippen molar-refractivity contribution >= 4 is 53.2 Å². The van der Waals surface area contributed by atoms with Gasteiger partial charge in [0.05, 0.1) is 10.6 Å². The van der Waals surface area contributed by atoms with Crippen LogP contribution in [0.3, 0.4) is 0 Å². The molecule has 4 rings (SSSR count). The normalized spacial score (nSPS) is 16.3. The van der Waals surface area contributed by atoms with Crippen molar-refractivity contribution < 1.29 is 8.42 Å². The SMILES string of the molecule is O=S(=O)(/N=c1/scc(-c2ccc(Br)cc2)n1C1CCCCC1)c1ccc(Br)cc1. The van der Waals surface area contributed by atoms with E-state index >= 15 is 0 Å². The molecule has 8 heteroatoms. The summed E-state index contributed by atoms with van der Waals surface area (Å²) in [7, 11) is -3.78. The van der Waals surface area contributed by atoms with Gasteiger partial charge in [0, 0.05) is 20.4 Å². The molecule has 1 aliphatic carbocycles. The minimum absolute atomic E-state index is 0.203. The first-order valence-corrected chi connectivity index (χ1v) is 13.4. The highest BCUT2D eigenvalue weighted by Gasteiger charge is 2.22. The molecule has 3 aromatic rings. The number of aromatic nitrogens is 1. The summed E-state index contributed by atoms with van der Waals surface area (Å²) in [5.74, 6) is 0. The molecule has 0 bridgehead atoms. The summed E-state index contributed by atoms with van der Waals surface area (Å²) in [5.41, 5.74) is 2.09. The molecule has 0 saturated heterocycles.